The Balaban J connectivity index is 1.11. The number of furan rings is 1. The first-order chi connectivity index (χ1) is 28.3. The molecule has 3 aromatic heterocycles. The molecule has 0 amide bonds. The molecule has 12 rings (SSSR count). The van der Waals surface area contributed by atoms with Crippen LogP contribution in [-0.4, -0.2) is 9.13 Å². The number of nitrogens with zero attached hydrogens (tertiary/aromatic N) is 2. The van der Waals surface area contributed by atoms with Crippen LogP contribution in [0.2, 0.25) is 0 Å². The molecule has 0 aliphatic heterocycles. The first kappa shape index (κ1) is 31.7. The smallest absolute Gasteiger partial charge is 0.159 e. The van der Waals surface area contributed by atoms with Crippen molar-refractivity contribution in [1.29, 1.82) is 0 Å². The van der Waals surface area contributed by atoms with Gasteiger partial charge in [-0.3, -0.25) is 0 Å². The lowest BCUT2D eigenvalue weighted by molar-refractivity contribution is 0.666. The topological polar surface area (TPSA) is 23.0 Å². The number of fused-ring (bicyclic) bond motifs is 9. The van der Waals surface area contributed by atoms with Crippen LogP contribution < -0.4 is 0 Å². The van der Waals surface area contributed by atoms with Crippen molar-refractivity contribution in [3.05, 3.63) is 206 Å². The fraction of sp³-hybridized carbons (Fsp3) is 0. The van der Waals surface area contributed by atoms with Gasteiger partial charge in [0.05, 0.1) is 27.8 Å². The van der Waals surface area contributed by atoms with Gasteiger partial charge in [0.2, 0.25) is 0 Å². The largest absolute Gasteiger partial charge is 0.454 e. The van der Waals surface area contributed by atoms with Crippen molar-refractivity contribution in [1.82, 2.24) is 9.13 Å². The molecule has 0 atom stereocenters. The van der Waals surface area contributed by atoms with Gasteiger partial charge in [0.25, 0.3) is 0 Å². The molecule has 3 nitrogen and oxygen atoms in total. The van der Waals surface area contributed by atoms with Crippen LogP contribution in [0.1, 0.15) is 0 Å². The van der Waals surface area contributed by atoms with E-state index in [-0.39, 0.29) is 0 Å². The Morgan fingerprint density at radius 3 is 1.68 bits per heavy atom. The molecule has 0 radical (unpaired) electrons. The summed E-state index contributed by atoms with van der Waals surface area (Å²) in [6, 6.07) is 74.5. The summed E-state index contributed by atoms with van der Waals surface area (Å²) in [5.74, 6) is 0. The van der Waals surface area contributed by atoms with E-state index in [4.69, 9.17) is 4.42 Å². The van der Waals surface area contributed by atoms with E-state index in [0.29, 0.717) is 0 Å². The van der Waals surface area contributed by atoms with Crippen molar-refractivity contribution in [2.45, 2.75) is 0 Å². The Morgan fingerprint density at radius 1 is 0.316 bits per heavy atom. The average Bonchev–Trinajstić information content (AvgIpc) is 3.94. The van der Waals surface area contributed by atoms with Crippen LogP contribution in [0, 0.1) is 0 Å². The normalized spacial score (nSPS) is 11.9. The second kappa shape index (κ2) is 12.5. The molecular weight excluding hydrogens is 693 g/mol. The minimum Gasteiger partial charge on any atom is -0.454 e. The Labute approximate surface area is 328 Å². The van der Waals surface area contributed by atoms with Crippen LogP contribution in [0.15, 0.2) is 211 Å². The van der Waals surface area contributed by atoms with Gasteiger partial charge in [-0.2, -0.15) is 0 Å². The van der Waals surface area contributed by atoms with Gasteiger partial charge in [-0.25, -0.2) is 0 Å². The molecule has 3 heteroatoms. The molecular formula is C54H34N2O. The fourth-order valence-electron chi connectivity index (χ4n) is 9.15. The molecule has 0 aliphatic carbocycles. The van der Waals surface area contributed by atoms with Crippen LogP contribution in [0.25, 0.3) is 110 Å². The van der Waals surface area contributed by atoms with Crippen LogP contribution in [0.3, 0.4) is 0 Å². The third kappa shape index (κ3) is 4.86. The fourth-order valence-corrected chi connectivity index (χ4v) is 9.15. The quantitative estimate of drug-likeness (QED) is 0.173. The number of rotatable bonds is 5. The molecule has 266 valence electrons. The maximum atomic E-state index is 6.56. The Bertz CT molecular complexity index is 3500. The third-order valence-corrected chi connectivity index (χ3v) is 11.7. The summed E-state index contributed by atoms with van der Waals surface area (Å²) in [5, 5.41) is 7.15. The highest BCUT2D eigenvalue weighted by Crippen LogP contribution is 2.44. The maximum Gasteiger partial charge on any atom is 0.159 e. The lowest BCUT2D eigenvalue weighted by Gasteiger charge is -2.12. The van der Waals surface area contributed by atoms with Gasteiger partial charge in [0.15, 0.2) is 5.58 Å². The number of benzene rings is 9. The molecule has 3 heterocycles. The van der Waals surface area contributed by atoms with Gasteiger partial charge in [-0.15, -0.1) is 0 Å². The van der Waals surface area contributed by atoms with Crippen molar-refractivity contribution >= 4 is 65.6 Å². The second-order valence-corrected chi connectivity index (χ2v) is 14.9. The Hall–Kier alpha value is -7.62. The molecule has 0 fully saturated rings. The summed E-state index contributed by atoms with van der Waals surface area (Å²) in [4.78, 5) is 0. The zero-order valence-electron chi connectivity index (χ0n) is 30.9. The van der Waals surface area contributed by atoms with Gasteiger partial charge < -0.3 is 13.6 Å². The Morgan fingerprint density at radius 2 is 0.912 bits per heavy atom. The van der Waals surface area contributed by atoms with Crippen molar-refractivity contribution in [3.63, 3.8) is 0 Å². The monoisotopic (exact) mass is 726 g/mol. The number of hydrogen-bond acceptors (Lipinski definition) is 1. The van der Waals surface area contributed by atoms with E-state index >= 15 is 0 Å². The van der Waals surface area contributed by atoms with E-state index in [1.54, 1.807) is 0 Å². The molecule has 57 heavy (non-hydrogen) atoms. The molecule has 12 aromatic rings. The molecule has 0 saturated carbocycles. The van der Waals surface area contributed by atoms with E-state index in [0.717, 1.165) is 44.3 Å². The summed E-state index contributed by atoms with van der Waals surface area (Å²) in [6.07, 6.45) is 0. The van der Waals surface area contributed by atoms with Crippen molar-refractivity contribution in [2.24, 2.45) is 0 Å². The second-order valence-electron chi connectivity index (χ2n) is 14.9. The number of para-hydroxylation sites is 4. The van der Waals surface area contributed by atoms with Crippen molar-refractivity contribution < 1.29 is 4.42 Å². The minimum absolute atomic E-state index is 0.898. The summed E-state index contributed by atoms with van der Waals surface area (Å²) < 4.78 is 11.4. The van der Waals surface area contributed by atoms with Crippen LogP contribution >= 0.6 is 0 Å². The maximum absolute atomic E-state index is 6.56. The van der Waals surface area contributed by atoms with Gasteiger partial charge in [-0.1, -0.05) is 140 Å². The first-order valence-electron chi connectivity index (χ1n) is 19.5. The number of aromatic nitrogens is 2. The molecule has 0 N–H and O–H groups in total. The van der Waals surface area contributed by atoms with Crippen molar-refractivity contribution in [2.75, 3.05) is 0 Å². The standard InChI is InChI=1S/C54H34N2O/c1-4-15-35(16-5-1)39-33-44(36-17-6-2-7-18-36)53-46-32-38(28-30-49(46)55(51(53)34-39)40-19-8-3-9-20-40)37-27-29-48-45(31-37)41-21-10-12-24-47(41)56(48)50-25-14-23-43-42-22-11-13-26-52(42)57-54(43)50/h1-34H. The molecule has 0 aliphatic rings. The van der Waals surface area contributed by atoms with Gasteiger partial charge in [0.1, 0.15) is 5.58 Å². The summed E-state index contributed by atoms with van der Waals surface area (Å²) in [5.41, 5.74) is 15.8. The SMILES string of the molecule is c1ccc(-c2cc(-c3ccccc3)c3c4cc(-c5ccc6c(c5)c5ccccc5n6-c5cccc6c5oc5ccccc56)ccc4n(-c4ccccc4)c3c2)cc1. The molecule has 0 unspecified atom stereocenters. The summed E-state index contributed by atoms with van der Waals surface area (Å²) in [7, 11) is 0. The summed E-state index contributed by atoms with van der Waals surface area (Å²) >= 11 is 0. The average molecular weight is 727 g/mol. The van der Waals surface area contributed by atoms with E-state index in [9.17, 15) is 0 Å². The molecule has 0 bridgehead atoms. The third-order valence-electron chi connectivity index (χ3n) is 11.7. The zero-order chi connectivity index (χ0) is 37.5. The van der Waals surface area contributed by atoms with Gasteiger partial charge >= 0.3 is 0 Å². The van der Waals surface area contributed by atoms with E-state index in [2.05, 4.69) is 209 Å². The molecule has 0 spiro atoms. The van der Waals surface area contributed by atoms with E-state index in [1.165, 1.54) is 66.0 Å². The Kier molecular flexibility index (Phi) is 6.93. The van der Waals surface area contributed by atoms with Crippen LogP contribution in [0.5, 0.6) is 0 Å². The highest BCUT2D eigenvalue weighted by molar-refractivity contribution is 6.18. The van der Waals surface area contributed by atoms with Gasteiger partial charge in [-0.05, 0) is 100 Å². The van der Waals surface area contributed by atoms with E-state index < -0.39 is 0 Å². The predicted molar refractivity (Wildman–Crippen MR) is 239 cm³/mol. The highest BCUT2D eigenvalue weighted by atomic mass is 16.3. The predicted octanol–water partition coefficient (Wildman–Crippen LogP) is 14.8. The lowest BCUT2D eigenvalue weighted by atomic mass is 9.93. The molecule has 0 saturated heterocycles. The zero-order valence-corrected chi connectivity index (χ0v) is 30.9. The van der Waals surface area contributed by atoms with Gasteiger partial charge in [0, 0.05) is 38.0 Å². The van der Waals surface area contributed by atoms with Crippen LogP contribution in [0.4, 0.5) is 0 Å². The van der Waals surface area contributed by atoms with Crippen LogP contribution in [-0.2, 0) is 0 Å². The minimum atomic E-state index is 0.898. The van der Waals surface area contributed by atoms with Crippen molar-refractivity contribution in [3.8, 4) is 44.8 Å². The number of hydrogen-bond donors (Lipinski definition) is 0. The first-order valence-corrected chi connectivity index (χ1v) is 19.5. The highest BCUT2D eigenvalue weighted by Gasteiger charge is 2.21. The molecule has 9 aromatic carbocycles. The van der Waals surface area contributed by atoms with E-state index in [1.807, 2.05) is 6.07 Å². The summed E-state index contributed by atoms with van der Waals surface area (Å²) in [6.45, 7) is 0. The lowest BCUT2D eigenvalue weighted by Crippen LogP contribution is -1.94.